The summed E-state index contributed by atoms with van der Waals surface area (Å²) in [6, 6.07) is 7.74. The van der Waals surface area contributed by atoms with Crippen LogP contribution in [0.3, 0.4) is 0 Å². The molecule has 0 radical (unpaired) electrons. The van der Waals surface area contributed by atoms with Crippen LogP contribution in [0.1, 0.15) is 38.7 Å². The predicted molar refractivity (Wildman–Crippen MR) is 116 cm³/mol. The summed E-state index contributed by atoms with van der Waals surface area (Å²) in [5, 5.41) is 2.96. The maximum absolute atomic E-state index is 12.4. The fourth-order valence-electron chi connectivity index (χ4n) is 3.42. The van der Waals surface area contributed by atoms with Crippen LogP contribution < -0.4 is 5.32 Å². The Morgan fingerprint density at radius 3 is 2.38 bits per heavy atom. The van der Waals surface area contributed by atoms with E-state index in [2.05, 4.69) is 5.32 Å². The van der Waals surface area contributed by atoms with Crippen molar-refractivity contribution >= 4 is 27.3 Å². The number of anilines is 1. The van der Waals surface area contributed by atoms with Crippen LogP contribution in [-0.4, -0.2) is 74.3 Å². The third-order valence-corrected chi connectivity index (χ3v) is 6.76. The third kappa shape index (κ3) is 7.78. The second kappa shape index (κ2) is 11.3. The first-order chi connectivity index (χ1) is 13.8. The van der Waals surface area contributed by atoms with Crippen LogP contribution >= 0.6 is 0 Å². The van der Waals surface area contributed by atoms with Gasteiger partial charge in [0.25, 0.3) is 0 Å². The van der Waals surface area contributed by atoms with Crippen molar-refractivity contribution in [1.29, 1.82) is 0 Å². The zero-order valence-electron chi connectivity index (χ0n) is 17.5. The smallest absolute Gasteiger partial charge is 0.238 e. The van der Waals surface area contributed by atoms with Crippen molar-refractivity contribution in [3.05, 3.63) is 29.8 Å². The number of rotatable bonds is 10. The van der Waals surface area contributed by atoms with E-state index in [4.69, 9.17) is 0 Å². The van der Waals surface area contributed by atoms with E-state index in [1.54, 1.807) is 4.90 Å². The third-order valence-electron chi connectivity index (χ3n) is 5.17. The lowest BCUT2D eigenvalue weighted by atomic mass is 10.1. The van der Waals surface area contributed by atoms with E-state index < -0.39 is 15.6 Å². The molecule has 1 aliphatic rings. The van der Waals surface area contributed by atoms with E-state index in [0.717, 1.165) is 30.5 Å². The van der Waals surface area contributed by atoms with E-state index >= 15 is 0 Å². The summed E-state index contributed by atoms with van der Waals surface area (Å²) in [7, 11) is -3.35. The van der Waals surface area contributed by atoms with Gasteiger partial charge in [-0.25, -0.2) is 8.42 Å². The predicted octanol–water partition coefficient (Wildman–Crippen LogP) is 1.94. The van der Waals surface area contributed by atoms with Crippen molar-refractivity contribution in [3.63, 3.8) is 0 Å². The molecule has 0 spiro atoms. The van der Waals surface area contributed by atoms with Crippen LogP contribution in [0.5, 0.6) is 0 Å². The number of amides is 2. The minimum atomic E-state index is -3.35. The highest BCUT2D eigenvalue weighted by Gasteiger charge is 2.26. The number of nitrogens with zero attached hydrogens (tertiary/aromatic N) is 2. The Morgan fingerprint density at radius 1 is 1.03 bits per heavy atom. The number of benzene rings is 1. The first-order valence-corrected chi connectivity index (χ1v) is 12.2. The summed E-state index contributed by atoms with van der Waals surface area (Å²) in [6.45, 7) is 6.33. The molecule has 1 aromatic rings. The average Bonchev–Trinajstić information content (AvgIpc) is 2.68. The van der Waals surface area contributed by atoms with Gasteiger partial charge in [0, 0.05) is 31.9 Å². The van der Waals surface area contributed by atoms with Gasteiger partial charge in [-0.15, -0.1) is 0 Å². The van der Waals surface area contributed by atoms with Crippen molar-refractivity contribution in [2.45, 2.75) is 39.5 Å². The molecule has 1 heterocycles. The number of aryl methyl sites for hydroxylation is 1. The van der Waals surface area contributed by atoms with Gasteiger partial charge in [0.15, 0.2) is 9.84 Å². The molecule has 0 atom stereocenters. The number of sulfone groups is 1. The highest BCUT2D eigenvalue weighted by molar-refractivity contribution is 7.92. The highest BCUT2D eigenvalue weighted by Crippen LogP contribution is 2.15. The minimum absolute atomic E-state index is 0.0753. The quantitative estimate of drug-likeness (QED) is 0.581. The molecule has 162 valence electrons. The molecule has 8 heteroatoms. The van der Waals surface area contributed by atoms with Gasteiger partial charge in [-0.3, -0.25) is 14.5 Å². The lowest BCUT2D eigenvalue weighted by molar-refractivity contribution is -0.130. The Hall–Kier alpha value is -1.93. The molecule has 0 aromatic heterocycles. The molecule has 0 saturated carbocycles. The Morgan fingerprint density at radius 2 is 1.72 bits per heavy atom. The molecule has 1 aliphatic heterocycles. The van der Waals surface area contributed by atoms with Crippen LogP contribution in [-0.2, 0) is 25.8 Å². The second-order valence-corrected chi connectivity index (χ2v) is 9.70. The van der Waals surface area contributed by atoms with Crippen molar-refractivity contribution < 1.29 is 18.0 Å². The van der Waals surface area contributed by atoms with Gasteiger partial charge < -0.3 is 10.2 Å². The van der Waals surface area contributed by atoms with Crippen molar-refractivity contribution in [2.24, 2.45) is 0 Å². The fourth-order valence-corrected chi connectivity index (χ4v) is 4.77. The largest absolute Gasteiger partial charge is 0.339 e. The van der Waals surface area contributed by atoms with Crippen LogP contribution in [0.15, 0.2) is 24.3 Å². The van der Waals surface area contributed by atoms with Gasteiger partial charge in [-0.2, -0.15) is 0 Å². The monoisotopic (exact) mass is 423 g/mol. The van der Waals surface area contributed by atoms with E-state index in [-0.39, 0.29) is 24.1 Å². The van der Waals surface area contributed by atoms with E-state index in [1.807, 2.05) is 43.0 Å². The number of carbonyl (C=O) groups is 2. The number of carbonyl (C=O) groups excluding carboxylic acids is 2. The Labute approximate surface area is 174 Å². The van der Waals surface area contributed by atoms with Gasteiger partial charge in [-0.05, 0) is 24.5 Å². The van der Waals surface area contributed by atoms with Crippen LogP contribution in [0, 0.1) is 0 Å². The molecule has 1 fully saturated rings. The zero-order chi connectivity index (χ0) is 21.3. The fraction of sp³-hybridized carbons (Fsp3) is 0.619. The van der Waals surface area contributed by atoms with E-state index in [1.165, 1.54) is 0 Å². The molecule has 0 bridgehead atoms. The molecule has 2 amide bonds. The van der Waals surface area contributed by atoms with Crippen molar-refractivity contribution in [3.8, 4) is 0 Å². The molecular formula is C21H33N3O4S. The summed E-state index contributed by atoms with van der Waals surface area (Å²) < 4.78 is 24.2. The maximum Gasteiger partial charge on any atom is 0.238 e. The first kappa shape index (κ1) is 23.3. The molecule has 0 unspecified atom stereocenters. The Kier molecular flexibility index (Phi) is 9.10. The van der Waals surface area contributed by atoms with Crippen LogP contribution in [0.25, 0.3) is 0 Å². The summed E-state index contributed by atoms with van der Waals surface area (Å²) in [6.07, 6.45) is 3.26. The standard InChI is InChI=1S/C21H33N3O4S/c1-3-5-8-15-29(27,28)17-21(26)24-13-11-23(12-14-24)16-20(25)22-19-10-7-6-9-18(19)4-2/h6-7,9-10H,3-5,8,11-17H2,1-2H3,(H,22,25). The van der Waals surface area contributed by atoms with E-state index in [9.17, 15) is 18.0 Å². The number of hydrogen-bond acceptors (Lipinski definition) is 5. The molecule has 7 nitrogen and oxygen atoms in total. The summed E-state index contributed by atoms with van der Waals surface area (Å²) in [5.74, 6) is -0.747. The second-order valence-electron chi connectivity index (χ2n) is 7.51. The Balaban J connectivity index is 1.77. The average molecular weight is 424 g/mol. The summed E-state index contributed by atoms with van der Waals surface area (Å²) in [4.78, 5) is 28.3. The maximum atomic E-state index is 12.4. The molecule has 2 rings (SSSR count). The minimum Gasteiger partial charge on any atom is -0.339 e. The number of hydrogen-bond donors (Lipinski definition) is 1. The molecule has 0 aliphatic carbocycles. The van der Waals surface area contributed by atoms with Gasteiger partial charge in [0.05, 0.1) is 12.3 Å². The number of nitrogens with one attached hydrogen (secondary N) is 1. The van der Waals surface area contributed by atoms with Gasteiger partial charge >= 0.3 is 0 Å². The summed E-state index contributed by atoms with van der Waals surface area (Å²) in [5.41, 5.74) is 1.93. The van der Waals surface area contributed by atoms with Crippen LogP contribution in [0.2, 0.25) is 0 Å². The SMILES string of the molecule is CCCCCS(=O)(=O)CC(=O)N1CCN(CC(=O)Nc2ccccc2CC)CC1. The van der Waals surface area contributed by atoms with Crippen LogP contribution in [0.4, 0.5) is 5.69 Å². The van der Waals surface area contributed by atoms with Gasteiger partial charge in [0.2, 0.25) is 11.8 Å². The lowest BCUT2D eigenvalue weighted by Gasteiger charge is -2.34. The van der Waals surface area contributed by atoms with Gasteiger partial charge in [0.1, 0.15) is 5.75 Å². The highest BCUT2D eigenvalue weighted by atomic mass is 32.2. The normalized spacial score (nSPS) is 15.3. The topological polar surface area (TPSA) is 86.8 Å². The number of piperazine rings is 1. The Bertz CT molecular complexity index is 787. The van der Waals surface area contributed by atoms with Crippen molar-refractivity contribution in [2.75, 3.05) is 49.5 Å². The summed E-state index contributed by atoms with van der Waals surface area (Å²) >= 11 is 0. The van der Waals surface area contributed by atoms with E-state index in [0.29, 0.717) is 32.6 Å². The molecule has 1 aromatic carbocycles. The molecule has 29 heavy (non-hydrogen) atoms. The number of para-hydroxylation sites is 1. The zero-order valence-corrected chi connectivity index (χ0v) is 18.3. The molecular weight excluding hydrogens is 390 g/mol. The molecule has 1 N–H and O–H groups in total. The first-order valence-electron chi connectivity index (χ1n) is 10.4. The van der Waals surface area contributed by atoms with Gasteiger partial charge in [-0.1, -0.05) is 44.9 Å². The molecule has 1 saturated heterocycles. The lowest BCUT2D eigenvalue weighted by Crippen LogP contribution is -2.51. The number of unbranched alkanes of at least 4 members (excludes halogenated alkanes) is 2. The van der Waals surface area contributed by atoms with Crippen molar-refractivity contribution in [1.82, 2.24) is 9.80 Å².